The van der Waals surface area contributed by atoms with E-state index in [1.165, 1.54) is 0 Å². The second-order valence-corrected chi connectivity index (χ2v) is 24.0. The van der Waals surface area contributed by atoms with Gasteiger partial charge in [-0.05, 0) is 0 Å². The Hall–Kier alpha value is -3.77. The highest BCUT2D eigenvalue weighted by Crippen LogP contribution is 2.72. The first-order valence-corrected chi connectivity index (χ1v) is 24.5. The zero-order chi connectivity index (χ0) is 80.2. The van der Waals surface area contributed by atoms with Gasteiger partial charge in [-0.25, -0.2) is 0 Å². The Kier molecular flexibility index (Phi) is 23.2. The third-order valence-corrected chi connectivity index (χ3v) is 17.9. The molecule has 0 aromatic heterocycles. The lowest BCUT2D eigenvalue weighted by Crippen LogP contribution is -2.74. The minimum absolute atomic E-state index is 4.71. The number of hydrogen-bond acceptors (Lipinski definition) is 0. The Morgan fingerprint density at radius 3 is 0.289 bits per heavy atom. The van der Waals surface area contributed by atoms with Crippen molar-refractivity contribution in [3.05, 3.63) is 0 Å². The van der Waals surface area contributed by atoms with Gasteiger partial charge in [0, 0.05) is 7.26 Å². The van der Waals surface area contributed by atoms with E-state index in [2.05, 4.69) is 0 Å². The molecule has 0 unspecified atom stereocenters. The van der Waals surface area contributed by atoms with E-state index in [9.17, 15) is 228 Å². The van der Waals surface area contributed by atoms with Crippen molar-refractivity contribution in [2.75, 3.05) is 24.6 Å². The normalized spacial score (nSPS) is 17.2. The Labute approximate surface area is 489 Å². The summed E-state index contributed by atoms with van der Waals surface area (Å²) in [6.45, 7) is 0. The molecule has 0 amide bonds. The molecule has 0 N–H and O–H groups in total. The standard InChI is InChI=1S/C36H16F60P/c37-9(38,13(45,46)17(53,54)21(61,62)23(65,66)27(73,74)31(81,82)35(91,92)93)1-5-97(7-3-11(41,42)15(49,50)19(57,58)25(69,70)29(77,78)33(85,86)87,8-4-12(43,44)16(51,52)20(59,60)26(71,72)30(79,80)34(88,89)90)6-2-10(39,40)14(47,48)18(55,56)22(63,64)24(67,68)28(75,76)32(83,84)36(94,95)96/h1-8H2/q+1. The molecule has 0 fully saturated rings. The highest BCUT2D eigenvalue weighted by atomic mass is 31.2. The predicted octanol–water partition coefficient (Wildman–Crippen LogP) is 22.1. The van der Waals surface area contributed by atoms with E-state index in [1.54, 1.807) is 0 Å². The molecule has 97 heavy (non-hydrogen) atoms. The highest BCUT2D eigenvalue weighted by Gasteiger charge is 2.98. The summed E-state index contributed by atoms with van der Waals surface area (Å²) >= 11 is 0. The molecular formula is C36H16F60P+. The van der Waals surface area contributed by atoms with Crippen LogP contribution in [0, 0.1) is 0 Å². The van der Waals surface area contributed by atoms with Crippen LogP contribution in [0.25, 0.3) is 0 Å². The Balaban J connectivity index is 9.75. The SMILES string of the molecule is FC(F)(F)C(F)(F)C(F)(F)C(F)(F)C(F)(F)C(F)(F)CC[P+](CCC(F)(F)C(F)(F)C(F)(F)C(F)(F)C(F)(F)C(F)(F)F)(CCC(F)(F)C(F)(F)C(F)(F)C(F)(F)C(F)(F)C(F)(F)C(F)(F)C(F)(F)F)CCC(F)(F)C(F)(F)C(F)(F)C(F)(F)C(F)(F)C(F)(F)C(F)(F)C(F)(F)F. The van der Waals surface area contributed by atoms with Crippen molar-refractivity contribution in [1.29, 1.82) is 0 Å². The molecule has 61 heteroatoms. The third-order valence-electron chi connectivity index (χ3n) is 13.2. The van der Waals surface area contributed by atoms with Crippen molar-refractivity contribution in [2.45, 2.75) is 193 Å². The van der Waals surface area contributed by atoms with E-state index >= 15 is 35.1 Å². The van der Waals surface area contributed by atoms with Crippen LogP contribution in [0.5, 0.6) is 0 Å². The van der Waals surface area contributed by atoms with Crippen LogP contribution >= 0.6 is 7.26 Å². The molecule has 584 valence electrons. The molecule has 0 rings (SSSR count). The molecule has 0 aliphatic heterocycles. The van der Waals surface area contributed by atoms with Gasteiger partial charge in [-0.3, -0.25) is 0 Å². The predicted molar refractivity (Wildman–Crippen MR) is 188 cm³/mol. The molecule has 0 aromatic carbocycles. The van der Waals surface area contributed by atoms with Gasteiger partial charge in [-0.15, -0.1) is 0 Å². The van der Waals surface area contributed by atoms with Gasteiger partial charge in [0.25, 0.3) is 0 Å². The Bertz CT molecular complexity index is 2510. The van der Waals surface area contributed by atoms with Gasteiger partial charge in [-0.1, -0.05) is 0 Å². The van der Waals surface area contributed by atoms with Crippen molar-refractivity contribution >= 4 is 7.26 Å². The average molecular weight is 1620 g/mol. The van der Waals surface area contributed by atoms with Gasteiger partial charge in [-0.2, -0.15) is 263 Å². The summed E-state index contributed by atoms with van der Waals surface area (Å²) in [7, 11) is -8.47. The lowest BCUT2D eigenvalue weighted by atomic mass is 9.88. The minimum atomic E-state index is -10.0. The van der Waals surface area contributed by atoms with Gasteiger partial charge >= 0.3 is 167 Å². The molecule has 0 aromatic rings. The van der Waals surface area contributed by atoms with Gasteiger partial charge in [0.1, 0.15) is 0 Å². The van der Waals surface area contributed by atoms with Gasteiger partial charge in [0.05, 0.1) is 50.3 Å². The summed E-state index contributed by atoms with van der Waals surface area (Å²) in [6, 6.07) is 0. The first-order valence-electron chi connectivity index (χ1n) is 22.0. The van der Waals surface area contributed by atoms with Crippen molar-refractivity contribution in [2.24, 2.45) is 0 Å². The van der Waals surface area contributed by atoms with E-state index in [-0.39, 0.29) is 0 Å². The first kappa shape index (κ1) is 93.2. The molecule has 0 aliphatic rings. The number of hydrogen-bond donors (Lipinski definition) is 0. The molecular weight excluding hydrogens is 1600 g/mol. The Morgan fingerprint density at radius 1 is 0.113 bits per heavy atom. The largest absolute Gasteiger partial charge is 0.460 e. The quantitative estimate of drug-likeness (QED) is 0.0465. The second kappa shape index (κ2) is 24.2. The van der Waals surface area contributed by atoms with Crippen LogP contribution in [-0.2, 0) is 0 Å². The van der Waals surface area contributed by atoms with Crippen LogP contribution in [0.4, 0.5) is 263 Å². The first-order chi connectivity index (χ1) is 40.8. The molecule has 0 atom stereocenters. The molecule has 0 saturated carbocycles. The number of alkyl halides is 60. The van der Waals surface area contributed by atoms with Crippen LogP contribution in [-0.4, -0.2) is 191 Å². The summed E-state index contributed by atoms with van der Waals surface area (Å²) in [6.07, 6.45) is -74.5. The number of rotatable bonds is 32. The molecule has 0 spiro atoms. The zero-order valence-electron chi connectivity index (χ0n) is 42.8. The molecule has 0 aliphatic carbocycles. The summed E-state index contributed by atoms with van der Waals surface area (Å²) in [5.74, 6) is -227. The van der Waals surface area contributed by atoms with Crippen LogP contribution in [0.15, 0.2) is 0 Å². The monoisotopic (exact) mass is 1620 g/mol. The van der Waals surface area contributed by atoms with Crippen LogP contribution < -0.4 is 0 Å². The maximum Gasteiger partial charge on any atom is 0.460 e. The average Bonchev–Trinajstić information content (AvgIpc) is 0.713. The van der Waals surface area contributed by atoms with E-state index in [0.717, 1.165) is 0 Å². The van der Waals surface area contributed by atoms with Crippen molar-refractivity contribution in [3.63, 3.8) is 0 Å². The molecule has 0 heterocycles. The summed E-state index contributed by atoms with van der Waals surface area (Å²) in [4.78, 5) is 0. The second-order valence-electron chi connectivity index (χ2n) is 19.5. The fourth-order valence-electron chi connectivity index (χ4n) is 6.81. The van der Waals surface area contributed by atoms with Crippen LogP contribution in [0.2, 0.25) is 0 Å². The summed E-state index contributed by atoms with van der Waals surface area (Å²) in [5, 5.41) is 0. The lowest BCUT2D eigenvalue weighted by Gasteiger charge is -2.43. The topological polar surface area (TPSA) is 0 Å². The van der Waals surface area contributed by atoms with Gasteiger partial charge in [0.2, 0.25) is 0 Å². The highest BCUT2D eigenvalue weighted by molar-refractivity contribution is 7.75. The summed E-state index contributed by atoms with van der Waals surface area (Å²) < 4.78 is 838. The maximum atomic E-state index is 15.3. The van der Waals surface area contributed by atoms with Crippen LogP contribution in [0.3, 0.4) is 0 Å². The van der Waals surface area contributed by atoms with E-state index < -0.39 is 224 Å². The zero-order valence-corrected chi connectivity index (χ0v) is 43.7. The fourth-order valence-corrected chi connectivity index (χ4v) is 11.2. The maximum absolute atomic E-state index is 15.3. The van der Waals surface area contributed by atoms with Crippen molar-refractivity contribution < 1.29 is 263 Å². The molecule has 0 radical (unpaired) electrons. The van der Waals surface area contributed by atoms with E-state index in [4.69, 9.17) is 0 Å². The fraction of sp³-hybridized carbons (Fsp3) is 1.00. The summed E-state index contributed by atoms with van der Waals surface area (Å²) in [5.41, 5.74) is 0. The van der Waals surface area contributed by atoms with Crippen LogP contribution in [0.1, 0.15) is 25.7 Å². The van der Waals surface area contributed by atoms with Crippen molar-refractivity contribution in [1.82, 2.24) is 0 Å². The molecule has 0 nitrogen and oxygen atoms in total. The van der Waals surface area contributed by atoms with E-state index in [0.29, 0.717) is 0 Å². The smallest absolute Gasteiger partial charge is 0.199 e. The Morgan fingerprint density at radius 2 is 0.196 bits per heavy atom. The molecule has 0 saturated heterocycles. The molecule has 0 bridgehead atoms. The van der Waals surface area contributed by atoms with E-state index in [1.807, 2.05) is 0 Å². The third kappa shape index (κ3) is 13.0. The van der Waals surface area contributed by atoms with Crippen molar-refractivity contribution in [3.8, 4) is 0 Å². The lowest BCUT2D eigenvalue weighted by molar-refractivity contribution is -0.461. The van der Waals surface area contributed by atoms with Gasteiger partial charge in [0.15, 0.2) is 0 Å². The minimum Gasteiger partial charge on any atom is -0.199 e. The van der Waals surface area contributed by atoms with Gasteiger partial charge < -0.3 is 0 Å². The number of halogens is 60.